The average molecular weight is 345 g/mol. The lowest BCUT2D eigenvalue weighted by Crippen LogP contribution is -2.29. The monoisotopic (exact) mass is 345 g/mol. The summed E-state index contributed by atoms with van der Waals surface area (Å²) in [5.74, 6) is 0.998. The maximum atomic E-state index is 5.83. The Balaban J connectivity index is 2.09. The van der Waals surface area contributed by atoms with Crippen LogP contribution in [0.3, 0.4) is 0 Å². The van der Waals surface area contributed by atoms with Gasteiger partial charge < -0.3 is 20.5 Å². The molecule has 0 amide bonds. The molecular weight excluding hydrogens is 318 g/mol. The molecule has 0 saturated carbocycles. The van der Waals surface area contributed by atoms with E-state index in [1.54, 1.807) is 0 Å². The summed E-state index contributed by atoms with van der Waals surface area (Å²) in [6.07, 6.45) is 3.42. The highest BCUT2D eigenvalue weighted by atomic mass is 16.7. The lowest BCUT2D eigenvalue weighted by atomic mass is 10.2. The number of rotatable bonds is 11. The highest BCUT2D eigenvalue weighted by molar-refractivity contribution is 5.57. The van der Waals surface area contributed by atoms with Crippen LogP contribution in [-0.2, 0) is 9.47 Å². The van der Waals surface area contributed by atoms with Gasteiger partial charge in [0.05, 0.1) is 13.2 Å². The molecule has 0 aliphatic carbocycles. The second-order valence-corrected chi connectivity index (χ2v) is 5.63. The minimum Gasteiger partial charge on any atom is -0.368 e. The first-order valence-corrected chi connectivity index (χ1v) is 8.79. The maximum absolute atomic E-state index is 5.83. The van der Waals surface area contributed by atoms with Gasteiger partial charge in [-0.05, 0) is 12.8 Å². The summed E-state index contributed by atoms with van der Waals surface area (Å²) >= 11 is 0. The van der Waals surface area contributed by atoms with E-state index in [4.69, 9.17) is 15.2 Å². The van der Waals surface area contributed by atoms with E-state index in [-0.39, 0.29) is 5.95 Å². The van der Waals surface area contributed by atoms with Crippen molar-refractivity contribution >= 4 is 11.9 Å². The van der Waals surface area contributed by atoms with E-state index < -0.39 is 6.41 Å². The van der Waals surface area contributed by atoms with E-state index in [9.17, 15) is 0 Å². The van der Waals surface area contributed by atoms with Gasteiger partial charge in [-0.2, -0.15) is 15.0 Å². The van der Waals surface area contributed by atoms with Crippen LogP contribution in [0.2, 0.25) is 0 Å². The fourth-order valence-corrected chi connectivity index (χ4v) is 2.08. The third-order valence-electron chi connectivity index (χ3n) is 3.47. The van der Waals surface area contributed by atoms with Crippen molar-refractivity contribution in [1.82, 2.24) is 15.0 Å². The van der Waals surface area contributed by atoms with Crippen LogP contribution in [-0.4, -0.2) is 34.6 Å². The Labute approximate surface area is 149 Å². The van der Waals surface area contributed by atoms with E-state index in [1.165, 1.54) is 0 Å². The molecule has 136 valence electrons. The fourth-order valence-electron chi connectivity index (χ4n) is 2.08. The van der Waals surface area contributed by atoms with Crippen molar-refractivity contribution in [3.8, 4) is 11.4 Å². The molecule has 1 aromatic heterocycles. The smallest absolute Gasteiger partial charge is 0.240 e. The number of nitrogens with one attached hydrogen (secondary N) is 1. The van der Waals surface area contributed by atoms with Crippen LogP contribution in [0.25, 0.3) is 11.4 Å². The molecule has 0 spiro atoms. The maximum Gasteiger partial charge on any atom is 0.240 e. The van der Waals surface area contributed by atoms with Gasteiger partial charge in [0.2, 0.25) is 18.3 Å². The second kappa shape index (κ2) is 10.6. The summed E-state index contributed by atoms with van der Waals surface area (Å²) in [4.78, 5) is 12.8. The summed E-state index contributed by atoms with van der Waals surface area (Å²) in [5.41, 5.74) is 6.70. The molecule has 7 nitrogen and oxygen atoms in total. The molecule has 3 N–H and O–H groups in total. The van der Waals surface area contributed by atoms with Gasteiger partial charge in [-0.15, -0.1) is 0 Å². The largest absolute Gasteiger partial charge is 0.368 e. The molecule has 1 aromatic carbocycles. The van der Waals surface area contributed by atoms with Crippen LogP contribution in [0.15, 0.2) is 30.3 Å². The van der Waals surface area contributed by atoms with Crippen molar-refractivity contribution in [1.29, 1.82) is 0 Å². The molecular formula is C18H27N5O2. The number of unbranched alkanes of at least 4 members (excludes halogenated alkanes) is 2. The van der Waals surface area contributed by atoms with E-state index in [1.807, 2.05) is 30.3 Å². The van der Waals surface area contributed by atoms with E-state index in [0.29, 0.717) is 25.0 Å². The molecule has 0 radical (unpaired) electrons. The quantitative estimate of drug-likeness (QED) is 0.475. The van der Waals surface area contributed by atoms with E-state index in [0.717, 1.165) is 31.2 Å². The van der Waals surface area contributed by atoms with Crippen molar-refractivity contribution < 1.29 is 9.47 Å². The molecule has 2 rings (SSSR count). The van der Waals surface area contributed by atoms with Crippen LogP contribution in [0, 0.1) is 0 Å². The predicted octanol–water partition coefficient (Wildman–Crippen LogP) is 3.45. The Morgan fingerprint density at radius 3 is 2.20 bits per heavy atom. The molecule has 0 aliphatic rings. The van der Waals surface area contributed by atoms with Gasteiger partial charge in [0.15, 0.2) is 5.82 Å². The van der Waals surface area contributed by atoms with Crippen LogP contribution in [0.4, 0.5) is 11.9 Å². The summed E-state index contributed by atoms with van der Waals surface area (Å²) in [6, 6.07) is 9.63. The van der Waals surface area contributed by atoms with Crippen molar-refractivity contribution in [2.24, 2.45) is 0 Å². The zero-order valence-corrected chi connectivity index (χ0v) is 14.9. The molecule has 2 aromatic rings. The highest BCUT2D eigenvalue weighted by Crippen LogP contribution is 2.17. The standard InChI is InChI=1S/C18H27N5O2/c1-3-5-12-24-18(25-13-6-4-2)23-17-21-15(20-16(19)22-17)14-10-8-7-9-11-14/h7-11,18H,3-6,12-13H2,1-2H3,(H3,19,20,21,22,23). The number of anilines is 2. The molecule has 1 heterocycles. The number of nitrogen functional groups attached to an aromatic ring is 1. The zero-order chi connectivity index (χ0) is 17.9. The number of hydrogen-bond donors (Lipinski definition) is 2. The van der Waals surface area contributed by atoms with Crippen LogP contribution < -0.4 is 11.1 Å². The minimum atomic E-state index is -0.608. The lowest BCUT2D eigenvalue weighted by Gasteiger charge is -2.20. The third-order valence-corrected chi connectivity index (χ3v) is 3.47. The normalized spacial score (nSPS) is 11.0. The number of nitrogens with two attached hydrogens (primary N) is 1. The van der Waals surface area contributed by atoms with Gasteiger partial charge >= 0.3 is 0 Å². The summed E-state index contributed by atoms with van der Waals surface area (Å²) in [6.45, 7) is 5.43. The van der Waals surface area contributed by atoms with Crippen molar-refractivity contribution in [3.63, 3.8) is 0 Å². The molecule has 0 fully saturated rings. The Hall–Kier alpha value is -2.25. The third kappa shape index (κ3) is 6.64. The Morgan fingerprint density at radius 1 is 0.960 bits per heavy atom. The first kappa shape index (κ1) is 19.1. The second-order valence-electron chi connectivity index (χ2n) is 5.63. The van der Waals surface area contributed by atoms with Crippen molar-refractivity contribution in [2.45, 2.75) is 45.9 Å². The summed E-state index contributed by atoms with van der Waals surface area (Å²) < 4.78 is 11.5. The first-order valence-electron chi connectivity index (χ1n) is 8.79. The van der Waals surface area contributed by atoms with Crippen LogP contribution >= 0.6 is 0 Å². The lowest BCUT2D eigenvalue weighted by molar-refractivity contribution is -0.125. The Bertz CT molecular complexity index is 614. The molecule has 0 saturated heterocycles. The van der Waals surface area contributed by atoms with E-state index in [2.05, 4.69) is 34.1 Å². The highest BCUT2D eigenvalue weighted by Gasteiger charge is 2.13. The predicted molar refractivity (Wildman–Crippen MR) is 98.8 cm³/mol. The number of ether oxygens (including phenoxy) is 2. The zero-order valence-electron chi connectivity index (χ0n) is 14.9. The Kier molecular flexibility index (Phi) is 8.08. The topological polar surface area (TPSA) is 95.2 Å². The molecule has 0 aliphatic heterocycles. The van der Waals surface area contributed by atoms with Gasteiger partial charge in [-0.25, -0.2) is 0 Å². The van der Waals surface area contributed by atoms with Gasteiger partial charge in [-0.1, -0.05) is 57.0 Å². The molecule has 0 bridgehead atoms. The first-order chi connectivity index (χ1) is 12.2. The van der Waals surface area contributed by atoms with Crippen LogP contribution in [0.5, 0.6) is 0 Å². The van der Waals surface area contributed by atoms with Crippen molar-refractivity contribution in [3.05, 3.63) is 30.3 Å². The van der Waals surface area contributed by atoms with Crippen molar-refractivity contribution in [2.75, 3.05) is 24.3 Å². The van der Waals surface area contributed by atoms with Gasteiger partial charge in [-0.3, -0.25) is 0 Å². The summed E-state index contributed by atoms with van der Waals surface area (Å²) in [5, 5.41) is 3.06. The molecule has 7 heteroatoms. The fraction of sp³-hybridized carbons (Fsp3) is 0.500. The van der Waals surface area contributed by atoms with Gasteiger partial charge in [0.1, 0.15) is 0 Å². The Morgan fingerprint density at radius 2 is 1.60 bits per heavy atom. The molecule has 25 heavy (non-hydrogen) atoms. The number of aromatic nitrogens is 3. The molecule has 0 atom stereocenters. The summed E-state index contributed by atoms with van der Waals surface area (Å²) in [7, 11) is 0. The number of benzene rings is 1. The average Bonchev–Trinajstić information content (AvgIpc) is 2.62. The van der Waals surface area contributed by atoms with Gasteiger partial charge in [0, 0.05) is 5.56 Å². The molecule has 0 unspecified atom stereocenters. The van der Waals surface area contributed by atoms with Gasteiger partial charge in [0.25, 0.3) is 0 Å². The SMILES string of the molecule is CCCCOC(Nc1nc(N)nc(-c2ccccc2)n1)OCCCC. The minimum absolute atomic E-state index is 0.150. The number of hydrogen-bond acceptors (Lipinski definition) is 7. The number of nitrogens with zero attached hydrogens (tertiary/aromatic N) is 3. The van der Waals surface area contributed by atoms with Crippen LogP contribution in [0.1, 0.15) is 39.5 Å². The van der Waals surface area contributed by atoms with E-state index >= 15 is 0 Å².